The smallest absolute Gasteiger partial charge is 0.455 e. The van der Waals surface area contributed by atoms with E-state index in [2.05, 4.69) is 5.32 Å². The van der Waals surface area contributed by atoms with Crippen LogP contribution in [-0.4, -0.2) is 152 Å². The Morgan fingerprint density at radius 3 is 2.17 bits per heavy atom. The van der Waals surface area contributed by atoms with Gasteiger partial charge in [-0.3, -0.25) is 19.2 Å². The molecule has 20 heteroatoms. The lowest BCUT2D eigenvalue weighted by atomic mass is 9.45. The van der Waals surface area contributed by atoms with E-state index in [9.17, 15) is 49.2 Å². The molecule has 3 amide bonds. The predicted octanol–water partition coefficient (Wildman–Crippen LogP) is 3.11. The average Bonchev–Trinajstić information content (AvgIpc) is 3.63. The number of nitrogens with one attached hydrogen (secondary N) is 1. The van der Waals surface area contributed by atoms with Crippen LogP contribution < -0.4 is 5.32 Å². The molecule has 5 aliphatic rings. The van der Waals surface area contributed by atoms with Crippen LogP contribution in [0.15, 0.2) is 84.0 Å². The Morgan fingerprint density at radius 2 is 1.56 bits per heavy atom. The summed E-state index contributed by atoms with van der Waals surface area (Å²) in [5.41, 5.74) is -6.24. The molecule has 1 saturated heterocycles. The summed E-state index contributed by atoms with van der Waals surface area (Å²) >= 11 is 0. The number of fused-ring (bicyclic) bond motifs is 5. The van der Waals surface area contributed by atoms with Crippen molar-refractivity contribution in [3.63, 3.8) is 0 Å². The molecule has 13 atom stereocenters. The van der Waals surface area contributed by atoms with Crippen molar-refractivity contribution in [1.29, 1.82) is 0 Å². The second-order valence-corrected chi connectivity index (χ2v) is 20.8. The Morgan fingerprint density at radius 1 is 0.931 bits per heavy atom. The summed E-state index contributed by atoms with van der Waals surface area (Å²) in [5.74, 6) is -6.86. The van der Waals surface area contributed by atoms with Gasteiger partial charge < -0.3 is 59.0 Å². The molecule has 20 nitrogen and oxygen atoms in total. The molecule has 2 aromatic rings. The van der Waals surface area contributed by atoms with Gasteiger partial charge in [-0.2, -0.15) is 0 Å². The van der Waals surface area contributed by atoms with Gasteiger partial charge in [-0.1, -0.05) is 69.3 Å². The van der Waals surface area contributed by atoms with E-state index in [0.29, 0.717) is 0 Å². The first kappa shape index (κ1) is 53.8. The lowest BCUT2D eigenvalue weighted by molar-refractivity contribution is -0.363. The highest BCUT2D eigenvalue weighted by Crippen LogP contribution is 2.64. The number of nitrogens with zero attached hydrogens (tertiary/aromatic N) is 1. The van der Waals surface area contributed by atoms with Crippen LogP contribution in [0.5, 0.6) is 0 Å². The van der Waals surface area contributed by atoms with Gasteiger partial charge in [-0.05, 0) is 63.0 Å². The molecular weight excluding hydrogens is 941 g/mol. The third-order valence-electron chi connectivity index (χ3n) is 14.8. The summed E-state index contributed by atoms with van der Waals surface area (Å²) < 4.78 is 41.3. The number of amides is 3. The van der Waals surface area contributed by atoms with Gasteiger partial charge in [0.2, 0.25) is 6.10 Å². The van der Waals surface area contributed by atoms with Gasteiger partial charge in [-0.15, -0.1) is 0 Å². The average molecular weight is 1010 g/mol. The third-order valence-corrected chi connectivity index (χ3v) is 14.8. The summed E-state index contributed by atoms with van der Waals surface area (Å²) in [6.45, 7) is 11.5. The molecule has 2 bridgehead atoms. The fraction of sp³-hybridized carbons (Fsp3) is 0.558. The number of aliphatic hydroxyl groups excluding tert-OH is 3. The summed E-state index contributed by atoms with van der Waals surface area (Å²) in [5, 5.41) is 53.5. The van der Waals surface area contributed by atoms with Crippen molar-refractivity contribution in [2.75, 3.05) is 19.8 Å². The Balaban J connectivity index is 1.28. The summed E-state index contributed by atoms with van der Waals surface area (Å²) in [6.07, 6.45) is -11.6. The fourth-order valence-corrected chi connectivity index (χ4v) is 11.1. The molecule has 0 radical (unpaired) electrons. The van der Waals surface area contributed by atoms with Crippen LogP contribution in [0.4, 0.5) is 4.79 Å². The lowest BCUT2D eigenvalue weighted by Gasteiger charge is -2.66. The van der Waals surface area contributed by atoms with Crippen molar-refractivity contribution in [3.05, 3.63) is 95.1 Å². The monoisotopic (exact) mass is 1010 g/mol. The number of alkyl carbamates (subject to hydrolysis) is 1. The van der Waals surface area contributed by atoms with Crippen molar-refractivity contribution in [2.45, 2.75) is 141 Å². The van der Waals surface area contributed by atoms with Crippen molar-refractivity contribution in [1.82, 2.24) is 10.2 Å². The van der Waals surface area contributed by atoms with Crippen LogP contribution in [0.2, 0.25) is 0 Å². The van der Waals surface area contributed by atoms with Crippen LogP contribution in [0.25, 0.3) is 0 Å². The molecule has 0 aromatic heterocycles. The first-order valence-corrected chi connectivity index (χ1v) is 23.9. The zero-order valence-corrected chi connectivity index (χ0v) is 41.5. The lowest BCUT2D eigenvalue weighted by Crippen LogP contribution is -2.77. The first-order valence-electron chi connectivity index (χ1n) is 23.9. The number of hydrogen-bond donors (Lipinski definition) is 5. The molecular formula is C52H65N2O18+. The van der Waals surface area contributed by atoms with E-state index in [1.165, 1.54) is 32.9 Å². The van der Waals surface area contributed by atoms with E-state index in [1.54, 1.807) is 83.1 Å². The van der Waals surface area contributed by atoms with Crippen LogP contribution in [0, 0.1) is 22.7 Å². The number of carbonyl (C=O) groups excluding carboxylic acids is 7. The van der Waals surface area contributed by atoms with Gasteiger partial charge in [0.25, 0.3) is 11.8 Å². The minimum Gasteiger partial charge on any atom is -0.455 e. The fourth-order valence-electron chi connectivity index (χ4n) is 11.1. The van der Waals surface area contributed by atoms with Gasteiger partial charge in [0.05, 0.1) is 36.7 Å². The van der Waals surface area contributed by atoms with E-state index >= 15 is 4.79 Å². The predicted molar refractivity (Wildman–Crippen MR) is 251 cm³/mol. The molecule has 4 unspecified atom stereocenters. The van der Waals surface area contributed by atoms with Gasteiger partial charge in [-0.25, -0.2) is 19.2 Å². The normalized spacial score (nSPS) is 31.3. The van der Waals surface area contributed by atoms with E-state index < -0.39 is 144 Å². The number of esters is 4. The highest BCUT2D eigenvalue weighted by molar-refractivity contribution is 6.12. The molecule has 3 aliphatic carbocycles. The van der Waals surface area contributed by atoms with Gasteiger partial charge in [0, 0.05) is 54.9 Å². The van der Waals surface area contributed by atoms with E-state index in [-0.39, 0.29) is 48.3 Å². The molecule has 0 spiro atoms. The highest BCUT2D eigenvalue weighted by atomic mass is 16.7. The zero-order valence-electron chi connectivity index (χ0n) is 41.5. The molecule has 7 rings (SSSR count). The van der Waals surface area contributed by atoms with Crippen molar-refractivity contribution in [3.8, 4) is 0 Å². The quantitative estimate of drug-likeness (QED) is 0.0428. The Hall–Kier alpha value is -6.03. The number of hydrogen-bond acceptors (Lipinski definition) is 17. The molecule has 2 saturated carbocycles. The third kappa shape index (κ3) is 10.4. The minimum absolute atomic E-state index is 0.00458. The largest absolute Gasteiger partial charge is 0.481 e. The van der Waals surface area contributed by atoms with Gasteiger partial charge in [0.1, 0.15) is 42.2 Å². The van der Waals surface area contributed by atoms with Crippen LogP contribution >= 0.6 is 0 Å². The van der Waals surface area contributed by atoms with Crippen LogP contribution in [-0.2, 0) is 52.3 Å². The Labute approximate surface area is 416 Å². The maximum Gasteiger partial charge on any atom is 0.481 e. The summed E-state index contributed by atoms with van der Waals surface area (Å²) in [7, 11) is 0. The number of imide groups is 1. The Kier molecular flexibility index (Phi) is 15.6. The number of rotatable bonds is 15. The van der Waals surface area contributed by atoms with Crippen molar-refractivity contribution < 1.29 is 87.1 Å². The van der Waals surface area contributed by atoms with Crippen molar-refractivity contribution in [2.24, 2.45) is 22.7 Å². The molecule has 2 aromatic carbocycles. The van der Waals surface area contributed by atoms with E-state index in [0.717, 1.165) is 17.1 Å². The standard InChI is InChI=1S/C52H64N2O18/c1-27-32(68-46(63)42(40(29-16-11-9-12-17-29)53-48(64)72-49(3,4)5)70-36(59)26-66-23-15-22-54-34(57)20-21-35(54)58)25-52(65)44(71-45(62)30-18-13-10-14-19-30)39-37-31(69-47(37)67-28(2)55)24-33(56)51(39,8)43(61)41(60)38(27)50(52,6)7/h9-14,16-21,31-33,37,39-44,47,56,60-61,65H,15,22-26H2,1-8H3,(H,53,64)/p+1/t31-,32+,33+,37-,39?,40?,41-,42-,43?,44+,47?,51-,52-/m1/s1. The number of carbonyl (C=O) groups is 6. The maximum atomic E-state index is 15.1. The first-order chi connectivity index (χ1) is 33.8. The second kappa shape index (κ2) is 20.8. The highest BCUT2D eigenvalue weighted by Gasteiger charge is 2.75. The van der Waals surface area contributed by atoms with Crippen molar-refractivity contribution >= 4 is 41.8 Å². The van der Waals surface area contributed by atoms with Gasteiger partial charge >= 0.3 is 36.3 Å². The molecule has 3 fully saturated rings. The number of benzene rings is 2. The molecule has 2 heterocycles. The van der Waals surface area contributed by atoms with Gasteiger partial charge in [0.15, 0.2) is 0 Å². The van der Waals surface area contributed by atoms with E-state index in [4.69, 9.17) is 33.2 Å². The molecule has 390 valence electrons. The van der Waals surface area contributed by atoms with E-state index in [1.807, 2.05) is 0 Å². The Bertz CT molecular complexity index is 2450. The number of aliphatic hydroxyl groups is 4. The number of ether oxygens (including phenoxy) is 7. The topological polar surface area (TPSA) is 285 Å². The summed E-state index contributed by atoms with van der Waals surface area (Å²) in [4.78, 5) is 91.9. The minimum atomic E-state index is -2.35. The molecule has 2 aliphatic heterocycles. The molecule has 6 N–H and O–H groups in total. The maximum absolute atomic E-state index is 15.1. The zero-order chi connectivity index (χ0) is 52.7. The second-order valence-electron chi connectivity index (χ2n) is 20.8. The summed E-state index contributed by atoms with van der Waals surface area (Å²) in [6, 6.07) is 14.4. The van der Waals surface area contributed by atoms with Crippen LogP contribution in [0.3, 0.4) is 0 Å². The van der Waals surface area contributed by atoms with Crippen LogP contribution in [0.1, 0.15) is 96.6 Å². The SMILES string of the molecule is CC(=[OH+])OC1O[C@@H]2C[C@H](O)[C@@]3(C)C(O)[C@H](O)C4=C(C)[C@@H](OC(=O)[C@H](OC(=O)COCCCN5C(=O)C=CC5=O)C(NC(=O)OC(C)(C)C)c5ccccc5)C[C@@](O)([C@@H](OC(=O)c5ccccc5)C3[C@H]12)C4(C)C. The molecule has 72 heavy (non-hydrogen) atoms.